The van der Waals surface area contributed by atoms with Crippen LogP contribution in [-0.4, -0.2) is 30.8 Å². The fraction of sp³-hybridized carbons (Fsp3) is 0.944. The van der Waals surface area contributed by atoms with Crippen LogP contribution in [0.1, 0.15) is 86.0 Å². The maximum absolute atomic E-state index is 11.6. The van der Waals surface area contributed by atoms with E-state index in [2.05, 4.69) is 17.6 Å². The number of alkyl carbamates (subject to hydrolysis) is 1. The van der Waals surface area contributed by atoms with Gasteiger partial charge in [0.2, 0.25) is 0 Å². The van der Waals surface area contributed by atoms with Gasteiger partial charge >= 0.3 is 6.09 Å². The van der Waals surface area contributed by atoms with Crippen LogP contribution in [0.5, 0.6) is 0 Å². The molecular weight excluding hydrogens is 276 g/mol. The van der Waals surface area contributed by atoms with Crippen molar-refractivity contribution in [3.8, 4) is 0 Å². The highest BCUT2D eigenvalue weighted by Gasteiger charge is 2.17. The summed E-state index contributed by atoms with van der Waals surface area (Å²) in [6.07, 6.45) is 9.99. The monoisotopic (exact) mass is 314 g/mol. The van der Waals surface area contributed by atoms with Gasteiger partial charge in [-0.3, -0.25) is 0 Å². The molecule has 0 aromatic heterocycles. The number of carbonyl (C=O) groups excluding carboxylic acids is 1. The Morgan fingerprint density at radius 2 is 1.59 bits per heavy atom. The van der Waals surface area contributed by atoms with Crippen molar-refractivity contribution in [1.29, 1.82) is 0 Å². The second-order valence-corrected chi connectivity index (χ2v) is 7.21. The number of ether oxygens (including phenoxy) is 1. The Hall–Kier alpha value is -0.770. The third-order valence-electron chi connectivity index (χ3n) is 3.47. The molecule has 0 saturated carbocycles. The molecule has 4 heteroatoms. The Morgan fingerprint density at radius 3 is 2.18 bits per heavy atom. The molecule has 0 radical (unpaired) electrons. The van der Waals surface area contributed by atoms with E-state index in [-0.39, 0.29) is 12.1 Å². The fourth-order valence-corrected chi connectivity index (χ4v) is 2.23. The topological polar surface area (TPSA) is 50.4 Å². The average molecular weight is 315 g/mol. The fourth-order valence-electron chi connectivity index (χ4n) is 2.23. The zero-order chi connectivity index (χ0) is 16.8. The summed E-state index contributed by atoms with van der Waals surface area (Å²) in [5.41, 5.74) is -0.431. The third kappa shape index (κ3) is 15.6. The number of hydrogen-bond acceptors (Lipinski definition) is 3. The minimum absolute atomic E-state index is 0.136. The van der Waals surface area contributed by atoms with E-state index in [0.717, 1.165) is 19.5 Å². The molecule has 2 N–H and O–H groups in total. The molecule has 1 unspecified atom stereocenters. The van der Waals surface area contributed by atoms with E-state index in [1.165, 1.54) is 44.9 Å². The molecule has 0 spiro atoms. The van der Waals surface area contributed by atoms with Gasteiger partial charge in [-0.1, -0.05) is 45.4 Å². The molecule has 0 aliphatic rings. The number of hydrogen-bond donors (Lipinski definition) is 2. The molecule has 0 aliphatic heterocycles. The minimum atomic E-state index is -0.431. The van der Waals surface area contributed by atoms with Gasteiger partial charge in [-0.05, 0) is 53.6 Å². The van der Waals surface area contributed by atoms with Crippen LogP contribution in [-0.2, 0) is 4.74 Å². The van der Waals surface area contributed by atoms with Gasteiger partial charge in [-0.15, -0.1) is 0 Å². The van der Waals surface area contributed by atoms with Crippen LogP contribution < -0.4 is 10.6 Å². The summed E-state index contributed by atoms with van der Waals surface area (Å²) in [6, 6.07) is 0.136. The summed E-state index contributed by atoms with van der Waals surface area (Å²) >= 11 is 0. The first kappa shape index (κ1) is 21.2. The Bertz CT molecular complexity index is 275. The lowest BCUT2D eigenvalue weighted by Gasteiger charge is -2.22. The lowest BCUT2D eigenvalue weighted by atomic mass is 10.1. The van der Waals surface area contributed by atoms with Gasteiger partial charge in [-0.25, -0.2) is 4.79 Å². The lowest BCUT2D eigenvalue weighted by molar-refractivity contribution is 0.0506. The molecule has 0 aliphatic carbocycles. The van der Waals surface area contributed by atoms with Crippen molar-refractivity contribution >= 4 is 6.09 Å². The van der Waals surface area contributed by atoms with E-state index < -0.39 is 5.60 Å². The number of rotatable bonds is 12. The highest BCUT2D eigenvalue weighted by atomic mass is 16.6. The first-order valence-corrected chi connectivity index (χ1v) is 9.05. The SMILES string of the molecule is CCCCCCCCCNCCC(C)NC(=O)OC(C)(C)C. The Kier molecular flexibility index (Phi) is 12.3. The van der Waals surface area contributed by atoms with Crippen LogP contribution in [0.25, 0.3) is 0 Å². The van der Waals surface area contributed by atoms with Crippen molar-refractivity contribution in [2.45, 2.75) is 97.6 Å². The number of amides is 1. The van der Waals surface area contributed by atoms with E-state index in [9.17, 15) is 4.79 Å². The van der Waals surface area contributed by atoms with Crippen LogP contribution in [0.3, 0.4) is 0 Å². The molecule has 1 atom stereocenters. The van der Waals surface area contributed by atoms with E-state index in [4.69, 9.17) is 4.74 Å². The molecule has 0 saturated heterocycles. The van der Waals surface area contributed by atoms with Crippen molar-refractivity contribution < 1.29 is 9.53 Å². The van der Waals surface area contributed by atoms with Gasteiger partial charge in [0.1, 0.15) is 5.60 Å². The minimum Gasteiger partial charge on any atom is -0.444 e. The second kappa shape index (κ2) is 12.7. The molecule has 22 heavy (non-hydrogen) atoms. The maximum Gasteiger partial charge on any atom is 0.407 e. The summed E-state index contributed by atoms with van der Waals surface area (Å²) < 4.78 is 5.24. The first-order chi connectivity index (χ1) is 10.3. The Balaban J connectivity index is 3.38. The first-order valence-electron chi connectivity index (χ1n) is 9.05. The Labute approximate surface area is 137 Å². The largest absolute Gasteiger partial charge is 0.444 e. The van der Waals surface area contributed by atoms with Crippen molar-refractivity contribution in [3.63, 3.8) is 0 Å². The average Bonchev–Trinajstić information content (AvgIpc) is 2.38. The van der Waals surface area contributed by atoms with Crippen molar-refractivity contribution in [1.82, 2.24) is 10.6 Å². The van der Waals surface area contributed by atoms with E-state index in [1.807, 2.05) is 27.7 Å². The molecular formula is C18H38N2O2. The van der Waals surface area contributed by atoms with Gasteiger partial charge in [0.15, 0.2) is 0 Å². The molecule has 4 nitrogen and oxygen atoms in total. The van der Waals surface area contributed by atoms with Crippen molar-refractivity contribution in [2.75, 3.05) is 13.1 Å². The lowest BCUT2D eigenvalue weighted by Crippen LogP contribution is -2.39. The quantitative estimate of drug-likeness (QED) is 0.516. The molecule has 1 amide bonds. The number of unbranched alkanes of at least 4 members (excludes halogenated alkanes) is 6. The zero-order valence-corrected chi connectivity index (χ0v) is 15.5. The second-order valence-electron chi connectivity index (χ2n) is 7.21. The predicted octanol–water partition coefficient (Wildman–Crippen LogP) is 4.63. The van der Waals surface area contributed by atoms with Gasteiger partial charge in [-0.2, -0.15) is 0 Å². The van der Waals surface area contributed by atoms with Gasteiger partial charge < -0.3 is 15.4 Å². The van der Waals surface area contributed by atoms with Crippen LogP contribution in [0.15, 0.2) is 0 Å². The number of carbonyl (C=O) groups is 1. The standard InChI is InChI=1S/C18H38N2O2/c1-6-7-8-9-10-11-12-14-19-15-13-16(2)20-17(21)22-18(3,4)5/h16,19H,6-15H2,1-5H3,(H,20,21). The van der Waals surface area contributed by atoms with Gasteiger partial charge in [0.05, 0.1) is 0 Å². The molecule has 0 rings (SSSR count). The summed E-state index contributed by atoms with van der Waals surface area (Å²) in [6.45, 7) is 11.9. The summed E-state index contributed by atoms with van der Waals surface area (Å²) in [5, 5.41) is 6.31. The molecule has 0 aromatic rings. The van der Waals surface area contributed by atoms with Crippen LogP contribution in [0.2, 0.25) is 0 Å². The van der Waals surface area contributed by atoms with Crippen LogP contribution in [0.4, 0.5) is 4.79 Å². The number of nitrogens with one attached hydrogen (secondary N) is 2. The smallest absolute Gasteiger partial charge is 0.407 e. The molecule has 0 aromatic carbocycles. The molecule has 132 valence electrons. The van der Waals surface area contributed by atoms with Gasteiger partial charge in [0.25, 0.3) is 0 Å². The maximum atomic E-state index is 11.6. The van der Waals surface area contributed by atoms with Crippen LogP contribution >= 0.6 is 0 Å². The molecule has 0 bridgehead atoms. The third-order valence-corrected chi connectivity index (χ3v) is 3.47. The highest BCUT2D eigenvalue weighted by Crippen LogP contribution is 2.07. The normalized spacial score (nSPS) is 13.0. The summed E-state index contributed by atoms with van der Waals surface area (Å²) in [7, 11) is 0. The zero-order valence-electron chi connectivity index (χ0n) is 15.5. The highest BCUT2D eigenvalue weighted by molar-refractivity contribution is 5.67. The summed E-state index contributed by atoms with van der Waals surface area (Å²) in [4.78, 5) is 11.6. The molecule has 0 heterocycles. The van der Waals surface area contributed by atoms with E-state index >= 15 is 0 Å². The summed E-state index contributed by atoms with van der Waals surface area (Å²) in [5.74, 6) is 0. The predicted molar refractivity (Wildman–Crippen MR) is 94.3 cm³/mol. The van der Waals surface area contributed by atoms with E-state index in [0.29, 0.717) is 0 Å². The Morgan fingerprint density at radius 1 is 1.00 bits per heavy atom. The molecule has 0 fully saturated rings. The van der Waals surface area contributed by atoms with Gasteiger partial charge in [0, 0.05) is 6.04 Å². The van der Waals surface area contributed by atoms with Crippen LogP contribution in [0, 0.1) is 0 Å². The van der Waals surface area contributed by atoms with Crippen molar-refractivity contribution in [3.05, 3.63) is 0 Å². The van der Waals surface area contributed by atoms with E-state index in [1.54, 1.807) is 0 Å². The van der Waals surface area contributed by atoms with Crippen molar-refractivity contribution in [2.24, 2.45) is 0 Å².